The number of anilines is 1. The molecule has 106 valence electrons. The summed E-state index contributed by atoms with van der Waals surface area (Å²) < 4.78 is 0. The molecule has 1 aromatic rings. The Morgan fingerprint density at radius 1 is 1.16 bits per heavy atom. The Morgan fingerprint density at radius 3 is 2.32 bits per heavy atom. The lowest BCUT2D eigenvalue weighted by Crippen LogP contribution is -2.53. The molecule has 0 spiro atoms. The molecule has 0 atom stereocenters. The summed E-state index contributed by atoms with van der Waals surface area (Å²) in [6.07, 6.45) is 0. The first-order valence-electron chi connectivity index (χ1n) is 6.98. The summed E-state index contributed by atoms with van der Waals surface area (Å²) in [6, 6.07) is 3.94. The second-order valence-corrected chi connectivity index (χ2v) is 6.28. The van der Waals surface area contributed by atoms with E-state index < -0.39 is 0 Å². The Morgan fingerprint density at radius 2 is 1.79 bits per heavy atom. The number of aliphatic hydroxyl groups is 1. The molecule has 2 rings (SSSR count). The monoisotopic (exact) mass is 263 g/mol. The van der Waals surface area contributed by atoms with E-state index in [0.717, 1.165) is 43.3 Å². The quantitative estimate of drug-likeness (QED) is 0.883. The van der Waals surface area contributed by atoms with Gasteiger partial charge in [-0.1, -0.05) is 0 Å². The van der Waals surface area contributed by atoms with Gasteiger partial charge >= 0.3 is 0 Å². The summed E-state index contributed by atoms with van der Waals surface area (Å²) in [5, 5.41) is 9.28. The molecular weight excluding hydrogens is 238 g/mol. The van der Waals surface area contributed by atoms with Crippen LogP contribution in [0.4, 0.5) is 5.82 Å². The molecule has 0 unspecified atom stereocenters. The predicted octanol–water partition coefficient (Wildman–Crippen LogP) is 1.80. The van der Waals surface area contributed by atoms with Gasteiger partial charge in [-0.2, -0.15) is 0 Å². The maximum absolute atomic E-state index is 9.28. The van der Waals surface area contributed by atoms with Crippen molar-refractivity contribution in [2.45, 2.75) is 39.8 Å². The van der Waals surface area contributed by atoms with E-state index >= 15 is 0 Å². The van der Waals surface area contributed by atoms with Gasteiger partial charge < -0.3 is 10.0 Å². The van der Waals surface area contributed by atoms with E-state index in [-0.39, 0.29) is 12.1 Å². The van der Waals surface area contributed by atoms with Crippen molar-refractivity contribution in [2.24, 2.45) is 0 Å². The predicted molar refractivity (Wildman–Crippen MR) is 78.4 cm³/mol. The molecule has 1 aliphatic heterocycles. The zero-order chi connectivity index (χ0) is 14.0. The van der Waals surface area contributed by atoms with Gasteiger partial charge in [-0.25, -0.2) is 4.98 Å². The number of aromatic nitrogens is 1. The number of hydrogen-bond donors (Lipinski definition) is 1. The van der Waals surface area contributed by atoms with Crippen molar-refractivity contribution < 1.29 is 5.11 Å². The minimum atomic E-state index is 0.0817. The van der Waals surface area contributed by atoms with Gasteiger partial charge in [-0.05, 0) is 45.4 Å². The second kappa shape index (κ2) is 5.47. The third kappa shape index (κ3) is 3.45. The van der Waals surface area contributed by atoms with E-state index in [4.69, 9.17) is 0 Å². The Balaban J connectivity index is 2.07. The number of aryl methyl sites for hydroxylation is 1. The average molecular weight is 263 g/mol. The minimum Gasteiger partial charge on any atom is -0.392 e. The van der Waals surface area contributed by atoms with Crippen LogP contribution in [0, 0.1) is 6.92 Å². The Bertz CT molecular complexity index is 432. The number of rotatable bonds is 2. The van der Waals surface area contributed by atoms with Crippen molar-refractivity contribution >= 4 is 5.82 Å². The molecule has 1 aromatic heterocycles. The van der Waals surface area contributed by atoms with Crippen molar-refractivity contribution in [3.05, 3.63) is 23.4 Å². The third-order valence-electron chi connectivity index (χ3n) is 3.73. The standard InChI is InChI=1S/C15H25N3O/c1-12-9-13(11-19)10-14(16-12)17-5-7-18(8-6-17)15(2,3)4/h9-10,19H,5-8,11H2,1-4H3. The molecule has 1 N–H and O–H groups in total. The van der Waals surface area contributed by atoms with E-state index in [9.17, 15) is 5.11 Å². The van der Waals surface area contributed by atoms with Gasteiger partial charge in [0.25, 0.3) is 0 Å². The number of hydrogen-bond acceptors (Lipinski definition) is 4. The number of aliphatic hydroxyl groups excluding tert-OH is 1. The fourth-order valence-electron chi connectivity index (χ4n) is 2.58. The van der Waals surface area contributed by atoms with Crippen LogP contribution in [0.3, 0.4) is 0 Å². The summed E-state index contributed by atoms with van der Waals surface area (Å²) in [5.74, 6) is 0.998. The second-order valence-electron chi connectivity index (χ2n) is 6.28. The largest absolute Gasteiger partial charge is 0.392 e. The van der Waals surface area contributed by atoms with Crippen LogP contribution in [0.15, 0.2) is 12.1 Å². The highest BCUT2D eigenvalue weighted by Gasteiger charge is 2.26. The van der Waals surface area contributed by atoms with Gasteiger partial charge in [-0.15, -0.1) is 0 Å². The molecule has 2 heterocycles. The molecule has 0 amide bonds. The Hall–Kier alpha value is -1.13. The Labute approximate surface area is 116 Å². The normalized spacial score (nSPS) is 17.8. The zero-order valence-electron chi connectivity index (χ0n) is 12.5. The van der Waals surface area contributed by atoms with Crippen LogP contribution in [0.5, 0.6) is 0 Å². The van der Waals surface area contributed by atoms with Crippen molar-refractivity contribution in [1.29, 1.82) is 0 Å². The number of nitrogens with zero attached hydrogens (tertiary/aromatic N) is 3. The van der Waals surface area contributed by atoms with E-state index in [1.165, 1.54) is 0 Å². The molecule has 0 aliphatic carbocycles. The van der Waals surface area contributed by atoms with Crippen LogP contribution in [-0.2, 0) is 6.61 Å². The van der Waals surface area contributed by atoms with Crippen LogP contribution in [-0.4, -0.2) is 46.7 Å². The molecule has 1 aliphatic rings. The molecule has 0 aromatic carbocycles. The average Bonchev–Trinajstić information content (AvgIpc) is 2.37. The molecule has 0 bridgehead atoms. The zero-order valence-corrected chi connectivity index (χ0v) is 12.5. The van der Waals surface area contributed by atoms with Gasteiger partial charge in [0.1, 0.15) is 5.82 Å². The third-order valence-corrected chi connectivity index (χ3v) is 3.73. The first-order valence-corrected chi connectivity index (χ1v) is 6.98. The van der Waals surface area contributed by atoms with Gasteiger partial charge in [0, 0.05) is 37.4 Å². The van der Waals surface area contributed by atoms with E-state index in [1.807, 2.05) is 19.1 Å². The van der Waals surface area contributed by atoms with Crippen LogP contribution in [0.1, 0.15) is 32.0 Å². The SMILES string of the molecule is Cc1cc(CO)cc(N2CCN(C(C)(C)C)CC2)n1. The van der Waals surface area contributed by atoms with Crippen LogP contribution in [0.25, 0.3) is 0 Å². The Kier molecular flexibility index (Phi) is 4.11. The lowest BCUT2D eigenvalue weighted by molar-refractivity contribution is 0.128. The molecule has 0 radical (unpaired) electrons. The fourth-order valence-corrected chi connectivity index (χ4v) is 2.58. The highest BCUT2D eigenvalue weighted by atomic mass is 16.3. The summed E-state index contributed by atoms with van der Waals surface area (Å²) in [7, 11) is 0. The number of pyridine rings is 1. The highest BCUT2D eigenvalue weighted by molar-refractivity contribution is 5.43. The minimum absolute atomic E-state index is 0.0817. The van der Waals surface area contributed by atoms with Crippen molar-refractivity contribution in [3.63, 3.8) is 0 Å². The van der Waals surface area contributed by atoms with E-state index in [2.05, 4.69) is 35.6 Å². The summed E-state index contributed by atoms with van der Waals surface area (Å²) in [6.45, 7) is 13.0. The van der Waals surface area contributed by atoms with Gasteiger partial charge in [0.05, 0.1) is 6.61 Å². The van der Waals surface area contributed by atoms with Gasteiger partial charge in [0.15, 0.2) is 0 Å². The molecular formula is C15H25N3O. The van der Waals surface area contributed by atoms with E-state index in [1.54, 1.807) is 0 Å². The summed E-state index contributed by atoms with van der Waals surface area (Å²) in [5.41, 5.74) is 2.16. The summed E-state index contributed by atoms with van der Waals surface area (Å²) >= 11 is 0. The van der Waals surface area contributed by atoms with Crippen LogP contribution >= 0.6 is 0 Å². The molecule has 0 saturated carbocycles. The molecule has 19 heavy (non-hydrogen) atoms. The lowest BCUT2D eigenvalue weighted by atomic mass is 10.0. The molecule has 4 heteroatoms. The smallest absolute Gasteiger partial charge is 0.129 e. The van der Waals surface area contributed by atoms with Crippen LogP contribution < -0.4 is 4.90 Å². The van der Waals surface area contributed by atoms with Gasteiger partial charge in [0.2, 0.25) is 0 Å². The maximum Gasteiger partial charge on any atom is 0.129 e. The summed E-state index contributed by atoms with van der Waals surface area (Å²) in [4.78, 5) is 9.41. The van der Waals surface area contributed by atoms with Crippen molar-refractivity contribution in [1.82, 2.24) is 9.88 Å². The first-order chi connectivity index (χ1) is 8.90. The lowest BCUT2D eigenvalue weighted by Gasteiger charge is -2.42. The maximum atomic E-state index is 9.28. The highest BCUT2D eigenvalue weighted by Crippen LogP contribution is 2.20. The van der Waals surface area contributed by atoms with Gasteiger partial charge in [-0.3, -0.25) is 4.90 Å². The van der Waals surface area contributed by atoms with Crippen molar-refractivity contribution in [2.75, 3.05) is 31.1 Å². The van der Waals surface area contributed by atoms with Crippen molar-refractivity contribution in [3.8, 4) is 0 Å². The molecule has 4 nitrogen and oxygen atoms in total. The van der Waals surface area contributed by atoms with Crippen LogP contribution in [0.2, 0.25) is 0 Å². The van der Waals surface area contributed by atoms with E-state index in [0.29, 0.717) is 0 Å². The fraction of sp³-hybridized carbons (Fsp3) is 0.667. The molecule has 1 fully saturated rings. The topological polar surface area (TPSA) is 39.6 Å². The first kappa shape index (κ1) is 14.3. The molecule has 1 saturated heterocycles. The number of piperazine rings is 1.